The third kappa shape index (κ3) is 2.17. The summed E-state index contributed by atoms with van der Waals surface area (Å²) in [5, 5.41) is 3.22. The number of hydrogen-bond acceptors (Lipinski definition) is 2. The first kappa shape index (κ1) is 10.9. The Labute approximate surface area is 92.2 Å². The number of carbonyl (C=O) groups is 1. The lowest BCUT2D eigenvalue weighted by Crippen LogP contribution is -2.44. The van der Waals surface area contributed by atoms with Gasteiger partial charge in [-0.15, -0.1) is 0 Å². The minimum Gasteiger partial charge on any atom is -0.323 e. The van der Waals surface area contributed by atoms with Gasteiger partial charge in [-0.25, -0.2) is 0 Å². The van der Waals surface area contributed by atoms with E-state index in [0.717, 1.165) is 5.92 Å². The Morgan fingerprint density at radius 1 is 1.33 bits per heavy atom. The fraction of sp³-hybridized carbons (Fsp3) is 0.917. The highest BCUT2D eigenvalue weighted by atomic mass is 16.2. The van der Waals surface area contributed by atoms with Crippen molar-refractivity contribution in [2.24, 2.45) is 5.92 Å². The van der Waals surface area contributed by atoms with Gasteiger partial charge >= 0.3 is 0 Å². The van der Waals surface area contributed by atoms with Gasteiger partial charge in [-0.1, -0.05) is 13.3 Å². The van der Waals surface area contributed by atoms with E-state index in [1.54, 1.807) is 0 Å². The largest absolute Gasteiger partial charge is 0.323 e. The highest BCUT2D eigenvalue weighted by molar-refractivity contribution is 5.80. The van der Waals surface area contributed by atoms with Crippen molar-refractivity contribution < 1.29 is 4.79 Å². The molecule has 3 heteroatoms. The van der Waals surface area contributed by atoms with Crippen molar-refractivity contribution in [2.45, 2.75) is 58.2 Å². The monoisotopic (exact) mass is 210 g/mol. The van der Waals surface area contributed by atoms with Crippen LogP contribution in [0.15, 0.2) is 0 Å². The molecule has 2 aliphatic rings. The second kappa shape index (κ2) is 4.52. The van der Waals surface area contributed by atoms with Crippen molar-refractivity contribution in [1.29, 1.82) is 0 Å². The number of hydrogen-bond donors (Lipinski definition) is 1. The Balaban J connectivity index is 1.92. The van der Waals surface area contributed by atoms with Gasteiger partial charge in [-0.05, 0) is 38.5 Å². The molecular weight excluding hydrogens is 188 g/mol. The number of nitrogens with zero attached hydrogens (tertiary/aromatic N) is 1. The van der Waals surface area contributed by atoms with Crippen LogP contribution in [0.4, 0.5) is 0 Å². The summed E-state index contributed by atoms with van der Waals surface area (Å²) < 4.78 is 0. The average Bonchev–Trinajstić information content (AvgIpc) is 2.59. The maximum Gasteiger partial charge on any atom is 0.238 e. The van der Waals surface area contributed by atoms with Crippen LogP contribution in [0.5, 0.6) is 0 Å². The van der Waals surface area contributed by atoms with Gasteiger partial charge in [0.1, 0.15) is 0 Å². The quantitative estimate of drug-likeness (QED) is 0.753. The van der Waals surface area contributed by atoms with E-state index in [0.29, 0.717) is 18.5 Å². The molecule has 0 bridgehead atoms. The molecule has 1 amide bonds. The Bertz CT molecular complexity index is 234. The molecule has 1 aliphatic heterocycles. The summed E-state index contributed by atoms with van der Waals surface area (Å²) in [4.78, 5) is 13.8. The molecule has 1 N–H and O–H groups in total. The minimum absolute atomic E-state index is 0.251. The molecule has 0 aromatic rings. The van der Waals surface area contributed by atoms with E-state index in [1.807, 2.05) is 0 Å². The summed E-state index contributed by atoms with van der Waals surface area (Å²) in [6.07, 6.45) is 6.57. The lowest BCUT2D eigenvalue weighted by atomic mass is 9.84. The predicted molar refractivity (Wildman–Crippen MR) is 60.3 cm³/mol. The van der Waals surface area contributed by atoms with Crippen LogP contribution in [-0.4, -0.2) is 29.6 Å². The summed E-state index contributed by atoms with van der Waals surface area (Å²) in [5.41, 5.74) is 0. The summed E-state index contributed by atoms with van der Waals surface area (Å²) >= 11 is 0. The first-order valence-electron chi connectivity index (χ1n) is 6.27. The highest BCUT2D eigenvalue weighted by Gasteiger charge is 2.34. The number of rotatable bonds is 2. The van der Waals surface area contributed by atoms with Crippen molar-refractivity contribution in [3.8, 4) is 0 Å². The van der Waals surface area contributed by atoms with Gasteiger partial charge < -0.3 is 4.90 Å². The van der Waals surface area contributed by atoms with Crippen molar-refractivity contribution in [1.82, 2.24) is 10.2 Å². The fourth-order valence-electron chi connectivity index (χ4n) is 2.99. The molecule has 15 heavy (non-hydrogen) atoms. The lowest BCUT2D eigenvalue weighted by molar-refractivity contribution is -0.130. The highest BCUT2D eigenvalue weighted by Crippen LogP contribution is 2.30. The van der Waals surface area contributed by atoms with Crippen LogP contribution in [0, 0.1) is 5.92 Å². The predicted octanol–water partition coefficient (Wildman–Crippen LogP) is 1.73. The van der Waals surface area contributed by atoms with E-state index in [4.69, 9.17) is 0 Å². The maximum atomic E-state index is 11.7. The Morgan fingerprint density at radius 3 is 2.47 bits per heavy atom. The lowest BCUT2D eigenvalue weighted by Gasteiger charge is -2.36. The summed E-state index contributed by atoms with van der Waals surface area (Å²) in [7, 11) is 0. The molecular formula is C12H22N2O. The second-order valence-corrected chi connectivity index (χ2v) is 4.94. The fourth-order valence-corrected chi connectivity index (χ4v) is 2.99. The standard InChI is InChI=1S/C12H22N2O/c1-3-10-4-6-11(7-5-10)14-9(2)13-8-12(14)15/h9-11,13H,3-8H2,1-2H3. The number of carbonyl (C=O) groups excluding carboxylic acids is 1. The van der Waals surface area contributed by atoms with E-state index in [1.165, 1.54) is 32.1 Å². The van der Waals surface area contributed by atoms with Gasteiger partial charge in [-0.2, -0.15) is 0 Å². The number of nitrogens with one attached hydrogen (secondary N) is 1. The van der Waals surface area contributed by atoms with Crippen molar-refractivity contribution in [3.05, 3.63) is 0 Å². The third-order valence-corrected chi connectivity index (χ3v) is 4.04. The van der Waals surface area contributed by atoms with E-state index >= 15 is 0 Å². The van der Waals surface area contributed by atoms with Gasteiger partial charge in [0.2, 0.25) is 5.91 Å². The number of amides is 1. The van der Waals surface area contributed by atoms with E-state index in [-0.39, 0.29) is 6.17 Å². The molecule has 1 heterocycles. The van der Waals surface area contributed by atoms with Crippen LogP contribution in [0.25, 0.3) is 0 Å². The SMILES string of the molecule is CCC1CCC(N2C(=O)CNC2C)CC1. The van der Waals surface area contributed by atoms with Crippen LogP contribution in [0.1, 0.15) is 46.0 Å². The van der Waals surface area contributed by atoms with Crippen molar-refractivity contribution in [2.75, 3.05) is 6.54 Å². The second-order valence-electron chi connectivity index (χ2n) is 4.94. The van der Waals surface area contributed by atoms with Crippen molar-refractivity contribution >= 4 is 5.91 Å². The van der Waals surface area contributed by atoms with Crippen LogP contribution >= 0.6 is 0 Å². The summed E-state index contributed by atoms with van der Waals surface area (Å²) in [6.45, 7) is 4.90. The minimum atomic E-state index is 0.251. The maximum absolute atomic E-state index is 11.7. The molecule has 0 radical (unpaired) electrons. The van der Waals surface area contributed by atoms with E-state index in [2.05, 4.69) is 24.1 Å². The molecule has 2 rings (SSSR count). The molecule has 1 aliphatic carbocycles. The van der Waals surface area contributed by atoms with Crippen LogP contribution in [0.3, 0.4) is 0 Å². The van der Waals surface area contributed by atoms with Crippen LogP contribution in [-0.2, 0) is 4.79 Å². The molecule has 1 unspecified atom stereocenters. The average molecular weight is 210 g/mol. The normalized spacial score (nSPS) is 37.3. The zero-order valence-corrected chi connectivity index (χ0v) is 9.83. The Hall–Kier alpha value is -0.570. The molecule has 2 fully saturated rings. The third-order valence-electron chi connectivity index (χ3n) is 4.04. The Kier molecular flexibility index (Phi) is 3.29. The first-order valence-corrected chi connectivity index (χ1v) is 6.27. The van der Waals surface area contributed by atoms with Crippen LogP contribution in [0.2, 0.25) is 0 Å². The molecule has 86 valence electrons. The molecule has 0 aromatic heterocycles. The first-order chi connectivity index (χ1) is 7.22. The smallest absolute Gasteiger partial charge is 0.238 e. The molecule has 1 atom stereocenters. The van der Waals surface area contributed by atoms with E-state index in [9.17, 15) is 4.79 Å². The zero-order valence-electron chi connectivity index (χ0n) is 9.83. The molecule has 1 saturated carbocycles. The van der Waals surface area contributed by atoms with Crippen LogP contribution < -0.4 is 5.32 Å². The summed E-state index contributed by atoms with van der Waals surface area (Å²) in [6, 6.07) is 0.505. The molecule has 0 spiro atoms. The van der Waals surface area contributed by atoms with Gasteiger partial charge in [0.25, 0.3) is 0 Å². The van der Waals surface area contributed by atoms with Gasteiger partial charge in [0, 0.05) is 6.04 Å². The molecule has 1 saturated heterocycles. The molecule has 0 aromatic carbocycles. The zero-order chi connectivity index (χ0) is 10.8. The van der Waals surface area contributed by atoms with Gasteiger partial charge in [-0.3, -0.25) is 10.1 Å². The van der Waals surface area contributed by atoms with Gasteiger partial charge in [0.15, 0.2) is 0 Å². The van der Waals surface area contributed by atoms with E-state index < -0.39 is 0 Å². The molecule has 3 nitrogen and oxygen atoms in total. The topological polar surface area (TPSA) is 32.3 Å². The van der Waals surface area contributed by atoms with Gasteiger partial charge in [0.05, 0.1) is 12.7 Å². The summed E-state index contributed by atoms with van der Waals surface area (Å²) in [5.74, 6) is 1.20. The Morgan fingerprint density at radius 2 is 2.00 bits per heavy atom. The van der Waals surface area contributed by atoms with Crippen molar-refractivity contribution in [3.63, 3.8) is 0 Å².